The highest BCUT2D eigenvalue weighted by atomic mass is 31.2. The summed E-state index contributed by atoms with van der Waals surface area (Å²) in [5.74, 6) is 0.252. The topological polar surface area (TPSA) is 197 Å². The van der Waals surface area contributed by atoms with Crippen LogP contribution in [0.3, 0.4) is 0 Å². The predicted octanol–water partition coefficient (Wildman–Crippen LogP) is -2.71. The van der Waals surface area contributed by atoms with Gasteiger partial charge in [-0.3, -0.25) is 18.9 Å². The number of nitrogen functional groups attached to an aromatic ring is 1. The summed E-state index contributed by atoms with van der Waals surface area (Å²) >= 11 is 0. The zero-order valence-corrected chi connectivity index (χ0v) is 16.8. The molecule has 5 N–H and O–H groups in total. The number of nitrogens with zero attached hydrogens (tertiary/aromatic N) is 5. The number of rotatable bonds is 5. The van der Waals surface area contributed by atoms with E-state index in [-0.39, 0.29) is 17.1 Å². The van der Waals surface area contributed by atoms with Gasteiger partial charge in [-0.05, 0) is 0 Å². The van der Waals surface area contributed by atoms with Crippen molar-refractivity contribution in [1.82, 2.24) is 23.9 Å². The van der Waals surface area contributed by atoms with Crippen LogP contribution in [-0.4, -0.2) is 59.0 Å². The third-order valence-corrected chi connectivity index (χ3v) is 6.43. The van der Waals surface area contributed by atoms with Gasteiger partial charge in [-0.15, -0.1) is 0 Å². The fourth-order valence-electron chi connectivity index (χ4n) is 3.26. The van der Waals surface area contributed by atoms with Gasteiger partial charge in [0.25, 0.3) is 11.4 Å². The van der Waals surface area contributed by atoms with Crippen LogP contribution in [0.25, 0.3) is 11.2 Å². The summed E-state index contributed by atoms with van der Waals surface area (Å²) in [5.41, 5.74) is 4.99. The second-order valence-corrected chi connectivity index (χ2v) is 8.51. The van der Waals surface area contributed by atoms with E-state index in [0.717, 1.165) is 4.34 Å². The summed E-state index contributed by atoms with van der Waals surface area (Å²) in [6, 6.07) is 0. The quantitative estimate of drug-likeness (QED) is 0.238. The van der Waals surface area contributed by atoms with E-state index in [1.54, 1.807) is 24.7 Å². The molecule has 3 aromatic rings. The fourth-order valence-corrected chi connectivity index (χ4v) is 4.43. The van der Waals surface area contributed by atoms with E-state index in [4.69, 9.17) is 15.0 Å². The number of aromatic amines is 1. The number of nitrogens with one attached hydrogen (secondary N) is 1. The molecule has 0 saturated carbocycles. The average Bonchev–Trinajstić information content (AvgIpc) is 3.32. The number of hydrogen-bond donors (Lipinski definition) is 4. The number of aliphatic hydroxyl groups excluding tert-OH is 2. The number of hydrogen-bond acceptors (Lipinski definition) is 10. The number of aryl methyl sites for hydroxylation is 1. The lowest BCUT2D eigenvalue weighted by molar-refractivity contribution is -0.676. The highest BCUT2D eigenvalue weighted by Gasteiger charge is 2.45. The van der Waals surface area contributed by atoms with Crippen molar-refractivity contribution in [2.24, 2.45) is 7.05 Å². The van der Waals surface area contributed by atoms with Gasteiger partial charge in [0.1, 0.15) is 30.7 Å². The molecular weight excluding hydrogens is 421 g/mol. The van der Waals surface area contributed by atoms with Gasteiger partial charge in [-0.1, -0.05) is 0 Å². The molecule has 30 heavy (non-hydrogen) atoms. The summed E-state index contributed by atoms with van der Waals surface area (Å²) < 4.78 is 26.9. The number of aromatic nitrogens is 6. The summed E-state index contributed by atoms with van der Waals surface area (Å²) in [6.45, 7) is 1.05. The Kier molecular flexibility index (Phi) is 5.00. The predicted molar refractivity (Wildman–Crippen MR) is 97.8 cm³/mol. The molecule has 0 aromatic carbocycles. The first-order valence-corrected chi connectivity index (χ1v) is 10.3. The van der Waals surface area contributed by atoms with Crippen molar-refractivity contribution >= 4 is 24.9 Å². The van der Waals surface area contributed by atoms with Gasteiger partial charge in [-0.25, -0.2) is 9.55 Å². The zero-order chi connectivity index (χ0) is 21.8. The molecule has 5 atom stereocenters. The largest absolute Gasteiger partial charge is 0.742 e. The first kappa shape index (κ1) is 20.7. The van der Waals surface area contributed by atoms with Crippen molar-refractivity contribution in [2.75, 3.05) is 12.3 Å². The summed E-state index contributed by atoms with van der Waals surface area (Å²) in [6.07, 6.45) is -1.20. The van der Waals surface area contributed by atoms with Gasteiger partial charge in [0.15, 0.2) is 17.4 Å². The number of aliphatic hydroxyl groups is 2. The van der Waals surface area contributed by atoms with Gasteiger partial charge >= 0.3 is 7.75 Å². The van der Waals surface area contributed by atoms with Crippen molar-refractivity contribution in [3.05, 3.63) is 34.9 Å². The molecule has 0 aliphatic carbocycles. The first-order valence-electron chi connectivity index (χ1n) is 8.84. The molecule has 162 valence electrons. The molecular formula is C15H20N7O7P. The van der Waals surface area contributed by atoms with E-state index in [2.05, 4.69) is 15.0 Å². The number of anilines is 1. The number of H-pyrrole nitrogens is 1. The van der Waals surface area contributed by atoms with Crippen molar-refractivity contribution in [3.8, 4) is 0 Å². The second-order valence-electron chi connectivity index (χ2n) is 6.89. The molecule has 1 unspecified atom stereocenters. The molecule has 4 rings (SSSR count). The minimum Gasteiger partial charge on any atom is -0.742 e. The molecule has 1 saturated heterocycles. The van der Waals surface area contributed by atoms with Crippen LogP contribution in [0.15, 0.2) is 23.5 Å². The molecule has 4 heterocycles. The SMILES string of the molecule is Cc1n(P(=O)([O-])OC[C@H]2O[C@@H](n3cnc4c(=O)[nH]c(N)nc43)[C@H](O)[C@@H]2O)cc[n+]1C. The number of nitrogens with two attached hydrogens (primary N) is 1. The third-order valence-electron chi connectivity index (χ3n) is 5.00. The van der Waals surface area contributed by atoms with E-state index in [9.17, 15) is 24.5 Å². The maximum absolute atomic E-state index is 12.4. The molecule has 0 radical (unpaired) electrons. The Hall–Kier alpha value is -2.61. The van der Waals surface area contributed by atoms with Crippen LogP contribution in [-0.2, 0) is 20.9 Å². The standard InChI is InChI=1S/C15H20N7O7P/c1-7-20(2)3-4-22(7)30(26,27)28-5-8-10(23)11(24)14(29-8)21-6-17-9-12(21)18-15(16)19-13(9)25/h3-4,6,8,10-11,14,23-24H,5H2,1-2H3,(H3-,16,18,19,25,26,27)/t8-,10-,11-,14-/m1/s1. The summed E-state index contributed by atoms with van der Waals surface area (Å²) in [5, 5.41) is 20.7. The van der Waals surface area contributed by atoms with Crippen LogP contribution in [0.4, 0.5) is 5.95 Å². The lowest BCUT2D eigenvalue weighted by Gasteiger charge is -2.22. The van der Waals surface area contributed by atoms with E-state index < -0.39 is 44.5 Å². The van der Waals surface area contributed by atoms with Gasteiger partial charge in [0.05, 0.1) is 20.0 Å². The smallest absolute Gasteiger partial charge is 0.323 e. The monoisotopic (exact) mass is 441 g/mol. The van der Waals surface area contributed by atoms with Crippen molar-refractivity contribution < 1.29 is 33.5 Å². The van der Waals surface area contributed by atoms with Crippen LogP contribution in [0, 0.1) is 6.92 Å². The van der Waals surface area contributed by atoms with Crippen molar-refractivity contribution in [2.45, 2.75) is 31.5 Å². The molecule has 15 heteroatoms. The zero-order valence-electron chi connectivity index (χ0n) is 15.9. The third kappa shape index (κ3) is 3.33. The molecule has 1 aliphatic heterocycles. The van der Waals surface area contributed by atoms with E-state index in [0.29, 0.717) is 5.82 Å². The highest BCUT2D eigenvalue weighted by Crippen LogP contribution is 2.41. The highest BCUT2D eigenvalue weighted by molar-refractivity contribution is 7.49. The lowest BCUT2D eigenvalue weighted by Crippen LogP contribution is -2.34. The van der Waals surface area contributed by atoms with Crippen LogP contribution in [0.1, 0.15) is 12.1 Å². The maximum atomic E-state index is 12.4. The van der Waals surface area contributed by atoms with E-state index in [1.807, 2.05) is 0 Å². The van der Waals surface area contributed by atoms with E-state index in [1.165, 1.54) is 17.1 Å². The molecule has 0 bridgehead atoms. The molecule has 0 spiro atoms. The number of fused-ring (bicyclic) bond motifs is 1. The van der Waals surface area contributed by atoms with Crippen LogP contribution >= 0.6 is 7.75 Å². The van der Waals surface area contributed by atoms with Crippen LogP contribution < -0.4 is 20.8 Å². The molecule has 14 nitrogen and oxygen atoms in total. The molecule has 3 aromatic heterocycles. The Balaban J connectivity index is 1.55. The van der Waals surface area contributed by atoms with E-state index >= 15 is 0 Å². The van der Waals surface area contributed by atoms with Crippen molar-refractivity contribution in [3.63, 3.8) is 0 Å². The van der Waals surface area contributed by atoms with Gasteiger partial charge in [0, 0.05) is 6.92 Å². The Morgan fingerprint density at radius 3 is 2.87 bits per heavy atom. The Bertz CT molecular complexity index is 1200. The Morgan fingerprint density at radius 1 is 1.47 bits per heavy atom. The van der Waals surface area contributed by atoms with Crippen LogP contribution in [0.2, 0.25) is 0 Å². The van der Waals surface area contributed by atoms with Gasteiger partial charge < -0.3 is 30.1 Å². The Morgan fingerprint density at radius 2 is 2.20 bits per heavy atom. The van der Waals surface area contributed by atoms with Crippen LogP contribution in [0.5, 0.6) is 0 Å². The molecule has 0 amide bonds. The fraction of sp³-hybridized carbons (Fsp3) is 0.467. The average molecular weight is 441 g/mol. The van der Waals surface area contributed by atoms with Crippen molar-refractivity contribution in [1.29, 1.82) is 0 Å². The Labute approximate surface area is 168 Å². The second kappa shape index (κ2) is 7.27. The molecule has 1 fully saturated rings. The minimum atomic E-state index is -4.51. The maximum Gasteiger partial charge on any atom is 0.323 e. The number of ether oxygens (including phenoxy) is 1. The lowest BCUT2D eigenvalue weighted by atomic mass is 10.1. The summed E-state index contributed by atoms with van der Waals surface area (Å²) in [4.78, 5) is 34.6. The normalized spacial score (nSPS) is 26.3. The first-order chi connectivity index (χ1) is 14.1. The number of imidazole rings is 2. The van der Waals surface area contributed by atoms with Gasteiger partial charge in [0.2, 0.25) is 5.95 Å². The minimum absolute atomic E-state index is 0.0331. The van der Waals surface area contributed by atoms with Gasteiger partial charge in [-0.2, -0.15) is 9.32 Å². The molecule has 1 aliphatic rings. The summed E-state index contributed by atoms with van der Waals surface area (Å²) in [7, 11) is -2.83.